The van der Waals surface area contributed by atoms with Crippen LogP contribution in [-0.4, -0.2) is 37.9 Å². The third-order valence-corrected chi connectivity index (χ3v) is 3.34. The van der Waals surface area contributed by atoms with Crippen molar-refractivity contribution in [3.8, 4) is 0 Å². The van der Waals surface area contributed by atoms with Crippen LogP contribution in [0.15, 0.2) is 22.5 Å². The number of aliphatic imine (C=N–C) groups is 1. The fraction of sp³-hybridized carbons (Fsp3) is 0.545. The van der Waals surface area contributed by atoms with Gasteiger partial charge in [-0.2, -0.15) is 0 Å². The van der Waals surface area contributed by atoms with Gasteiger partial charge in [-0.25, -0.2) is 0 Å². The van der Waals surface area contributed by atoms with E-state index in [0.29, 0.717) is 19.1 Å². The Morgan fingerprint density at radius 1 is 1.67 bits per heavy atom. The van der Waals surface area contributed by atoms with E-state index in [9.17, 15) is 5.11 Å². The number of rotatable bonds is 6. The molecule has 1 unspecified atom stereocenters. The van der Waals surface area contributed by atoms with Crippen LogP contribution in [0.3, 0.4) is 0 Å². The molecule has 104 valence electrons. The summed E-state index contributed by atoms with van der Waals surface area (Å²) >= 11 is 1.50. The highest BCUT2D eigenvalue weighted by Gasteiger charge is 2.23. The molecule has 1 aromatic rings. The minimum Gasteiger partial charge on any atom is -0.383 e. The van der Waals surface area contributed by atoms with Gasteiger partial charge in [-0.05, 0) is 18.4 Å². The minimum absolute atomic E-state index is 0. The average molecular weight is 385 g/mol. The Kier molecular flexibility index (Phi) is 8.49. The predicted octanol–water partition coefficient (Wildman–Crippen LogP) is 1.12. The van der Waals surface area contributed by atoms with Gasteiger partial charge in [-0.3, -0.25) is 4.99 Å². The molecule has 4 N–H and O–H groups in total. The van der Waals surface area contributed by atoms with Crippen molar-refractivity contribution in [2.45, 2.75) is 12.5 Å². The van der Waals surface area contributed by atoms with Gasteiger partial charge in [0.05, 0.1) is 13.2 Å². The molecule has 0 saturated carbocycles. The number of aliphatic hydroxyl groups is 1. The molecule has 1 rings (SSSR count). The number of halogens is 1. The summed E-state index contributed by atoms with van der Waals surface area (Å²) in [5, 5.41) is 15.0. The first-order chi connectivity index (χ1) is 8.06. The van der Waals surface area contributed by atoms with Crippen LogP contribution in [0.25, 0.3) is 0 Å². The predicted molar refractivity (Wildman–Crippen MR) is 85.7 cm³/mol. The number of methoxy groups -OCH3 is 1. The lowest BCUT2D eigenvalue weighted by atomic mass is 10.1. The van der Waals surface area contributed by atoms with Crippen molar-refractivity contribution < 1.29 is 9.84 Å². The van der Waals surface area contributed by atoms with Crippen LogP contribution < -0.4 is 11.1 Å². The van der Waals surface area contributed by atoms with Crippen molar-refractivity contribution in [2.24, 2.45) is 10.7 Å². The zero-order valence-corrected chi connectivity index (χ0v) is 13.7. The summed E-state index contributed by atoms with van der Waals surface area (Å²) in [4.78, 5) is 4.99. The zero-order valence-electron chi connectivity index (χ0n) is 10.5. The molecule has 0 bridgehead atoms. The molecule has 0 aromatic carbocycles. The van der Waals surface area contributed by atoms with E-state index in [1.807, 2.05) is 17.5 Å². The van der Waals surface area contributed by atoms with Crippen LogP contribution in [0.2, 0.25) is 0 Å². The van der Waals surface area contributed by atoms with E-state index in [4.69, 9.17) is 10.5 Å². The molecule has 0 spiro atoms. The number of nitrogens with zero attached hydrogens (tertiary/aromatic N) is 1. The van der Waals surface area contributed by atoms with Gasteiger partial charge in [0.1, 0.15) is 5.60 Å². The van der Waals surface area contributed by atoms with E-state index in [1.54, 1.807) is 14.0 Å². The molecule has 0 aliphatic heterocycles. The number of hydrogen-bond acceptors (Lipinski definition) is 4. The van der Waals surface area contributed by atoms with Crippen LogP contribution in [-0.2, 0) is 10.3 Å². The minimum atomic E-state index is -0.971. The summed E-state index contributed by atoms with van der Waals surface area (Å²) in [6, 6.07) is 3.78. The Balaban J connectivity index is 0.00000289. The molecule has 18 heavy (non-hydrogen) atoms. The van der Waals surface area contributed by atoms with E-state index in [-0.39, 0.29) is 30.5 Å². The first kappa shape index (κ1) is 17.6. The van der Waals surface area contributed by atoms with E-state index in [2.05, 4.69) is 10.3 Å². The van der Waals surface area contributed by atoms with Crippen molar-refractivity contribution in [1.82, 2.24) is 5.32 Å². The monoisotopic (exact) mass is 385 g/mol. The Hall–Kier alpha value is -0.380. The highest BCUT2D eigenvalue weighted by Crippen LogP contribution is 2.25. The standard InChI is InChI=1S/C11H19N3O2S.HI/c1-11(15,9-4-3-7-17-9)8-14-10(12)13-5-6-16-2;/h3-4,7,15H,5-6,8H2,1-2H3,(H3,12,13,14);1H. The van der Waals surface area contributed by atoms with Crippen molar-refractivity contribution in [1.29, 1.82) is 0 Å². The Morgan fingerprint density at radius 3 is 2.94 bits per heavy atom. The first-order valence-corrected chi connectivity index (χ1v) is 6.23. The summed E-state index contributed by atoms with van der Waals surface area (Å²) in [6.45, 7) is 3.13. The number of guanidine groups is 1. The fourth-order valence-corrected chi connectivity index (χ4v) is 2.02. The van der Waals surface area contributed by atoms with Gasteiger partial charge in [0.15, 0.2) is 5.96 Å². The lowest BCUT2D eigenvalue weighted by Gasteiger charge is -2.19. The molecule has 0 radical (unpaired) electrons. The summed E-state index contributed by atoms with van der Waals surface area (Å²) < 4.78 is 4.88. The van der Waals surface area contributed by atoms with Gasteiger partial charge in [0.25, 0.3) is 0 Å². The van der Waals surface area contributed by atoms with Gasteiger partial charge in [-0.1, -0.05) is 6.07 Å². The second-order valence-electron chi connectivity index (χ2n) is 3.87. The fourth-order valence-electron chi connectivity index (χ4n) is 1.24. The number of nitrogens with one attached hydrogen (secondary N) is 1. The Bertz CT molecular complexity index is 355. The van der Waals surface area contributed by atoms with Gasteiger partial charge >= 0.3 is 0 Å². The summed E-state index contributed by atoms with van der Waals surface area (Å²) in [5.74, 6) is 0.318. The van der Waals surface area contributed by atoms with Crippen molar-refractivity contribution in [3.63, 3.8) is 0 Å². The molecular formula is C11H20IN3O2S. The number of ether oxygens (including phenoxy) is 1. The molecule has 5 nitrogen and oxygen atoms in total. The van der Waals surface area contributed by atoms with Crippen LogP contribution in [0.1, 0.15) is 11.8 Å². The normalized spacial score (nSPS) is 14.7. The maximum Gasteiger partial charge on any atom is 0.188 e. The van der Waals surface area contributed by atoms with E-state index in [0.717, 1.165) is 4.88 Å². The lowest BCUT2D eigenvalue weighted by molar-refractivity contribution is 0.0712. The Morgan fingerprint density at radius 2 is 2.39 bits per heavy atom. The lowest BCUT2D eigenvalue weighted by Crippen LogP contribution is -2.36. The summed E-state index contributed by atoms with van der Waals surface area (Å²) in [7, 11) is 1.62. The van der Waals surface area contributed by atoms with Crippen LogP contribution in [0, 0.1) is 0 Å². The molecule has 0 aliphatic carbocycles. The van der Waals surface area contributed by atoms with Crippen molar-refractivity contribution >= 4 is 41.3 Å². The molecule has 1 heterocycles. The average Bonchev–Trinajstić information content (AvgIpc) is 2.81. The molecule has 0 aliphatic rings. The van der Waals surface area contributed by atoms with Crippen LogP contribution in [0.4, 0.5) is 0 Å². The number of nitrogens with two attached hydrogens (primary N) is 1. The highest BCUT2D eigenvalue weighted by molar-refractivity contribution is 14.0. The smallest absolute Gasteiger partial charge is 0.188 e. The first-order valence-electron chi connectivity index (χ1n) is 5.35. The zero-order chi connectivity index (χ0) is 12.7. The van der Waals surface area contributed by atoms with Gasteiger partial charge in [0, 0.05) is 18.5 Å². The second kappa shape index (κ2) is 8.68. The molecule has 1 aromatic heterocycles. The quantitative estimate of drug-likeness (QED) is 0.297. The summed E-state index contributed by atoms with van der Waals surface area (Å²) in [5.41, 5.74) is 4.68. The molecular weight excluding hydrogens is 365 g/mol. The molecule has 7 heteroatoms. The molecule has 1 atom stereocenters. The van der Waals surface area contributed by atoms with Crippen molar-refractivity contribution in [2.75, 3.05) is 26.8 Å². The number of thiophene rings is 1. The second-order valence-corrected chi connectivity index (χ2v) is 4.82. The SMILES string of the molecule is COCCNC(N)=NCC(C)(O)c1cccs1.I. The van der Waals surface area contributed by atoms with Crippen LogP contribution >= 0.6 is 35.3 Å². The largest absolute Gasteiger partial charge is 0.383 e. The molecule has 0 fully saturated rings. The Labute approximate surface area is 128 Å². The van der Waals surface area contributed by atoms with E-state index >= 15 is 0 Å². The maximum absolute atomic E-state index is 10.2. The summed E-state index contributed by atoms with van der Waals surface area (Å²) in [6.07, 6.45) is 0. The van der Waals surface area contributed by atoms with Gasteiger partial charge in [-0.15, -0.1) is 35.3 Å². The third-order valence-electron chi connectivity index (χ3n) is 2.22. The third kappa shape index (κ3) is 5.98. The van der Waals surface area contributed by atoms with Crippen molar-refractivity contribution in [3.05, 3.63) is 22.4 Å². The highest BCUT2D eigenvalue weighted by atomic mass is 127. The van der Waals surface area contributed by atoms with E-state index < -0.39 is 5.60 Å². The topological polar surface area (TPSA) is 79.9 Å². The maximum atomic E-state index is 10.2. The molecule has 0 amide bonds. The molecule has 0 saturated heterocycles. The van der Waals surface area contributed by atoms with E-state index in [1.165, 1.54) is 11.3 Å². The number of hydrogen-bond donors (Lipinski definition) is 3. The van der Waals surface area contributed by atoms with Gasteiger partial charge < -0.3 is 20.9 Å². The van der Waals surface area contributed by atoms with Gasteiger partial charge in [0.2, 0.25) is 0 Å². The van der Waals surface area contributed by atoms with Crippen LogP contribution in [0.5, 0.6) is 0 Å².